The van der Waals surface area contributed by atoms with Crippen molar-refractivity contribution in [2.24, 2.45) is 0 Å². The van der Waals surface area contributed by atoms with Crippen LogP contribution in [0.3, 0.4) is 0 Å². The van der Waals surface area contributed by atoms with E-state index in [9.17, 15) is 14.4 Å². The molecule has 1 aromatic carbocycles. The number of methoxy groups -OCH3 is 1. The Morgan fingerprint density at radius 1 is 1.00 bits per heavy atom. The normalized spacial score (nSPS) is 10.2. The van der Waals surface area contributed by atoms with Crippen LogP contribution in [-0.4, -0.2) is 42.9 Å². The summed E-state index contributed by atoms with van der Waals surface area (Å²) in [5.74, 6) is -0.824. The summed E-state index contributed by atoms with van der Waals surface area (Å²) in [6, 6.07) is 9.86. The van der Waals surface area contributed by atoms with Crippen LogP contribution in [0.25, 0.3) is 0 Å². The number of carbonyl (C=O) groups excluding carboxylic acids is 3. The number of hydrogen-bond donors (Lipinski definition) is 1. The van der Waals surface area contributed by atoms with E-state index in [1.54, 1.807) is 41.3 Å². The van der Waals surface area contributed by atoms with Crippen LogP contribution in [0.1, 0.15) is 43.5 Å². The zero-order chi connectivity index (χ0) is 18.4. The average Bonchev–Trinajstić information content (AvgIpc) is 3.13. The molecule has 25 heavy (non-hydrogen) atoms. The maximum absolute atomic E-state index is 12.3. The van der Waals surface area contributed by atoms with Crippen LogP contribution < -0.4 is 5.32 Å². The van der Waals surface area contributed by atoms with Gasteiger partial charge in [-0.3, -0.25) is 9.59 Å². The molecular formula is C18H20N2O4S. The van der Waals surface area contributed by atoms with Crippen molar-refractivity contribution in [1.82, 2.24) is 4.90 Å². The van der Waals surface area contributed by atoms with E-state index in [-0.39, 0.29) is 11.8 Å². The number of rotatable bonds is 6. The summed E-state index contributed by atoms with van der Waals surface area (Å²) in [4.78, 5) is 38.4. The van der Waals surface area contributed by atoms with E-state index in [0.29, 0.717) is 34.1 Å². The second kappa shape index (κ2) is 8.43. The number of benzene rings is 1. The topological polar surface area (TPSA) is 75.7 Å². The second-order valence-electron chi connectivity index (χ2n) is 5.16. The lowest BCUT2D eigenvalue weighted by Gasteiger charge is -2.18. The Kier molecular flexibility index (Phi) is 6.30. The molecule has 0 aliphatic heterocycles. The number of amides is 2. The summed E-state index contributed by atoms with van der Waals surface area (Å²) in [7, 11) is 1.29. The van der Waals surface area contributed by atoms with E-state index in [1.807, 2.05) is 13.8 Å². The van der Waals surface area contributed by atoms with Gasteiger partial charge in [0.1, 0.15) is 4.88 Å². The number of ether oxygens (including phenoxy) is 1. The van der Waals surface area contributed by atoms with E-state index in [4.69, 9.17) is 0 Å². The highest BCUT2D eigenvalue weighted by atomic mass is 32.1. The third-order valence-corrected chi connectivity index (χ3v) is 4.72. The molecule has 0 bridgehead atoms. The maximum atomic E-state index is 12.3. The summed E-state index contributed by atoms with van der Waals surface area (Å²) in [5, 5.41) is 2.75. The van der Waals surface area contributed by atoms with Crippen molar-refractivity contribution in [1.29, 1.82) is 0 Å². The van der Waals surface area contributed by atoms with Gasteiger partial charge in [-0.2, -0.15) is 0 Å². The number of nitrogens with zero attached hydrogens (tertiary/aromatic N) is 1. The molecule has 2 aromatic rings. The van der Waals surface area contributed by atoms with Gasteiger partial charge in [-0.05, 0) is 50.2 Å². The average molecular weight is 360 g/mol. The molecule has 1 N–H and O–H groups in total. The molecule has 0 radical (unpaired) electrons. The number of esters is 1. The quantitative estimate of drug-likeness (QED) is 0.802. The summed E-state index contributed by atoms with van der Waals surface area (Å²) >= 11 is 1.06. The minimum Gasteiger partial charge on any atom is -0.465 e. The highest BCUT2D eigenvalue weighted by Crippen LogP contribution is 2.19. The maximum Gasteiger partial charge on any atom is 0.348 e. The number of nitrogens with one attached hydrogen (secondary N) is 1. The molecule has 1 heterocycles. The molecule has 2 amide bonds. The Labute approximate surface area is 150 Å². The largest absolute Gasteiger partial charge is 0.465 e. The molecule has 0 saturated carbocycles. The molecule has 0 unspecified atom stereocenters. The summed E-state index contributed by atoms with van der Waals surface area (Å²) in [6.07, 6.45) is 0. The van der Waals surface area contributed by atoms with Crippen LogP contribution >= 0.6 is 11.3 Å². The fourth-order valence-electron chi connectivity index (χ4n) is 2.25. The van der Waals surface area contributed by atoms with E-state index in [2.05, 4.69) is 10.1 Å². The van der Waals surface area contributed by atoms with Crippen molar-refractivity contribution >= 4 is 34.8 Å². The zero-order valence-corrected chi connectivity index (χ0v) is 15.2. The first-order valence-electron chi connectivity index (χ1n) is 7.89. The van der Waals surface area contributed by atoms with E-state index >= 15 is 0 Å². The van der Waals surface area contributed by atoms with Gasteiger partial charge in [0, 0.05) is 24.3 Å². The Hall–Kier alpha value is -2.67. The van der Waals surface area contributed by atoms with Crippen LogP contribution in [0.2, 0.25) is 0 Å². The van der Waals surface area contributed by atoms with Crippen molar-refractivity contribution in [3.63, 3.8) is 0 Å². The molecule has 6 nitrogen and oxygen atoms in total. The first kappa shape index (κ1) is 18.7. The molecule has 132 valence electrons. The minimum absolute atomic E-state index is 0.0381. The molecule has 0 aliphatic carbocycles. The van der Waals surface area contributed by atoms with E-state index in [1.165, 1.54) is 7.11 Å². The molecule has 2 rings (SSSR count). The standard InChI is InChI=1S/C18H20N2O4S/c1-4-20(5-2)17(22)12-6-8-13(9-7-12)19-16(21)14-10-11-15(25-14)18(23)24-3/h6-11H,4-5H2,1-3H3,(H,19,21). The van der Waals surface area contributed by atoms with E-state index in [0.717, 1.165) is 11.3 Å². The van der Waals surface area contributed by atoms with Crippen LogP contribution in [0.15, 0.2) is 36.4 Å². The summed E-state index contributed by atoms with van der Waals surface area (Å²) in [5.41, 5.74) is 1.15. The number of thiophene rings is 1. The predicted molar refractivity (Wildman–Crippen MR) is 97.3 cm³/mol. The van der Waals surface area contributed by atoms with Crippen molar-refractivity contribution < 1.29 is 19.1 Å². The summed E-state index contributed by atoms with van der Waals surface area (Å²) < 4.78 is 4.62. The summed E-state index contributed by atoms with van der Waals surface area (Å²) in [6.45, 7) is 5.16. The van der Waals surface area contributed by atoms with Gasteiger partial charge in [0.2, 0.25) is 0 Å². The second-order valence-corrected chi connectivity index (χ2v) is 6.25. The molecule has 0 saturated heterocycles. The number of carbonyl (C=O) groups is 3. The van der Waals surface area contributed by atoms with Crippen molar-refractivity contribution in [2.45, 2.75) is 13.8 Å². The van der Waals surface area contributed by atoms with Crippen LogP contribution in [0.4, 0.5) is 5.69 Å². The fourth-order valence-corrected chi connectivity index (χ4v) is 3.07. The third kappa shape index (κ3) is 4.45. The SMILES string of the molecule is CCN(CC)C(=O)c1ccc(NC(=O)c2ccc(C(=O)OC)s2)cc1. The minimum atomic E-state index is -0.469. The Morgan fingerprint density at radius 3 is 2.16 bits per heavy atom. The van der Waals surface area contributed by atoms with Gasteiger partial charge in [-0.1, -0.05) is 0 Å². The molecular weight excluding hydrogens is 340 g/mol. The Bertz CT molecular complexity index is 764. The van der Waals surface area contributed by atoms with Crippen LogP contribution in [-0.2, 0) is 4.74 Å². The lowest BCUT2D eigenvalue weighted by molar-refractivity contribution is 0.0606. The first-order chi connectivity index (χ1) is 12.0. The number of anilines is 1. The van der Waals surface area contributed by atoms with E-state index < -0.39 is 5.97 Å². The van der Waals surface area contributed by atoms with Gasteiger partial charge >= 0.3 is 5.97 Å². The monoisotopic (exact) mass is 360 g/mol. The Morgan fingerprint density at radius 2 is 1.60 bits per heavy atom. The predicted octanol–water partition coefficient (Wildman–Crippen LogP) is 3.27. The fraction of sp³-hybridized carbons (Fsp3) is 0.278. The smallest absolute Gasteiger partial charge is 0.348 e. The lowest BCUT2D eigenvalue weighted by atomic mass is 10.1. The van der Waals surface area contributed by atoms with Gasteiger partial charge in [-0.15, -0.1) is 11.3 Å². The van der Waals surface area contributed by atoms with Crippen molar-refractivity contribution in [3.05, 3.63) is 51.7 Å². The van der Waals surface area contributed by atoms with Crippen LogP contribution in [0.5, 0.6) is 0 Å². The third-order valence-electron chi connectivity index (χ3n) is 3.66. The molecule has 1 aromatic heterocycles. The molecule has 0 spiro atoms. The highest BCUT2D eigenvalue weighted by molar-refractivity contribution is 7.16. The highest BCUT2D eigenvalue weighted by Gasteiger charge is 2.15. The van der Waals surface area contributed by atoms with Gasteiger partial charge in [0.25, 0.3) is 11.8 Å². The van der Waals surface area contributed by atoms with Gasteiger partial charge < -0.3 is 15.0 Å². The number of hydrogen-bond acceptors (Lipinski definition) is 5. The zero-order valence-electron chi connectivity index (χ0n) is 14.4. The van der Waals surface area contributed by atoms with Crippen molar-refractivity contribution in [3.8, 4) is 0 Å². The molecule has 0 fully saturated rings. The van der Waals surface area contributed by atoms with Gasteiger partial charge in [-0.25, -0.2) is 4.79 Å². The molecule has 0 aliphatic rings. The molecule has 7 heteroatoms. The molecule has 0 atom stereocenters. The van der Waals surface area contributed by atoms with Gasteiger partial charge in [0.05, 0.1) is 12.0 Å². The van der Waals surface area contributed by atoms with Gasteiger partial charge in [0.15, 0.2) is 0 Å². The van der Waals surface area contributed by atoms with Crippen LogP contribution in [0, 0.1) is 0 Å². The lowest BCUT2D eigenvalue weighted by Crippen LogP contribution is -2.30. The first-order valence-corrected chi connectivity index (χ1v) is 8.70. The van der Waals surface area contributed by atoms with Crippen molar-refractivity contribution in [2.75, 3.05) is 25.5 Å². The Balaban J connectivity index is 2.05.